The van der Waals surface area contributed by atoms with Gasteiger partial charge in [0.05, 0.1) is 5.01 Å². The maximum Gasteiger partial charge on any atom is 0.254 e. The van der Waals surface area contributed by atoms with E-state index in [0.717, 1.165) is 25.9 Å². The third kappa shape index (κ3) is 2.82. The van der Waals surface area contributed by atoms with E-state index in [1.165, 1.54) is 5.01 Å². The lowest BCUT2D eigenvalue weighted by molar-refractivity contribution is -0.152. The van der Waals surface area contributed by atoms with Gasteiger partial charge in [-0.3, -0.25) is 4.79 Å². The zero-order valence-electron chi connectivity index (χ0n) is 12.1. The first-order valence-corrected chi connectivity index (χ1v) is 7.51. The van der Waals surface area contributed by atoms with Gasteiger partial charge in [0.25, 0.3) is 5.91 Å². The van der Waals surface area contributed by atoms with Crippen molar-refractivity contribution in [3.05, 3.63) is 16.6 Å². The van der Waals surface area contributed by atoms with Crippen molar-refractivity contribution in [2.75, 3.05) is 20.2 Å². The van der Waals surface area contributed by atoms with Crippen LogP contribution in [0, 0.1) is 0 Å². The predicted octanol–water partition coefficient (Wildman–Crippen LogP) is 2.45. The van der Waals surface area contributed by atoms with E-state index >= 15 is 0 Å². The number of nitrogens with zero attached hydrogens (tertiary/aromatic N) is 2. The van der Waals surface area contributed by atoms with Crippen molar-refractivity contribution in [1.29, 1.82) is 0 Å². The number of thiazole rings is 1. The number of methoxy groups -OCH3 is 1. The minimum atomic E-state index is -0.727. The molecule has 2 rings (SSSR count). The third-order valence-electron chi connectivity index (χ3n) is 4.13. The monoisotopic (exact) mass is 282 g/mol. The van der Waals surface area contributed by atoms with Gasteiger partial charge >= 0.3 is 0 Å². The predicted molar refractivity (Wildman–Crippen MR) is 76.4 cm³/mol. The van der Waals surface area contributed by atoms with Gasteiger partial charge in [-0.15, -0.1) is 11.3 Å². The van der Waals surface area contributed by atoms with Gasteiger partial charge in [0.2, 0.25) is 0 Å². The molecule has 19 heavy (non-hydrogen) atoms. The summed E-state index contributed by atoms with van der Waals surface area (Å²) in [6, 6.07) is 0. The van der Waals surface area contributed by atoms with Crippen LogP contribution in [0.25, 0.3) is 0 Å². The summed E-state index contributed by atoms with van der Waals surface area (Å²) < 4.78 is 5.28. The number of rotatable bonds is 3. The van der Waals surface area contributed by atoms with Gasteiger partial charge in [-0.05, 0) is 26.7 Å². The lowest BCUT2D eigenvalue weighted by atomic mass is 9.80. The fourth-order valence-corrected chi connectivity index (χ4v) is 3.27. The first kappa shape index (κ1) is 14.5. The molecule has 0 aliphatic carbocycles. The SMILES string of the molecule is COC(C)(C)C(=O)N1CCC(C)(c2nccs2)CC1. The highest BCUT2D eigenvalue weighted by molar-refractivity contribution is 7.09. The van der Waals surface area contributed by atoms with Gasteiger partial charge in [0.1, 0.15) is 5.60 Å². The molecule has 0 aromatic carbocycles. The highest BCUT2D eigenvalue weighted by atomic mass is 32.1. The second kappa shape index (κ2) is 5.21. The normalized spacial score (nSPS) is 19.5. The van der Waals surface area contributed by atoms with Crippen molar-refractivity contribution in [3.63, 3.8) is 0 Å². The lowest BCUT2D eigenvalue weighted by Gasteiger charge is -2.40. The van der Waals surface area contributed by atoms with E-state index in [-0.39, 0.29) is 11.3 Å². The highest BCUT2D eigenvalue weighted by Gasteiger charge is 2.39. The average molecular weight is 282 g/mol. The van der Waals surface area contributed by atoms with Crippen LogP contribution in [-0.2, 0) is 14.9 Å². The summed E-state index contributed by atoms with van der Waals surface area (Å²) >= 11 is 1.71. The minimum Gasteiger partial charge on any atom is -0.369 e. The summed E-state index contributed by atoms with van der Waals surface area (Å²) in [5.41, 5.74) is -0.614. The fraction of sp³-hybridized carbons (Fsp3) is 0.714. The maximum atomic E-state index is 12.3. The molecule has 0 unspecified atom stereocenters. The zero-order valence-corrected chi connectivity index (χ0v) is 12.9. The minimum absolute atomic E-state index is 0.0798. The van der Waals surface area contributed by atoms with Crippen LogP contribution in [0.3, 0.4) is 0 Å². The van der Waals surface area contributed by atoms with E-state index in [1.807, 2.05) is 30.3 Å². The van der Waals surface area contributed by atoms with Crippen molar-refractivity contribution in [2.24, 2.45) is 0 Å². The number of amides is 1. The average Bonchev–Trinajstić information content (AvgIpc) is 2.93. The van der Waals surface area contributed by atoms with Crippen molar-refractivity contribution >= 4 is 17.2 Å². The topological polar surface area (TPSA) is 42.4 Å². The van der Waals surface area contributed by atoms with Crippen molar-refractivity contribution in [1.82, 2.24) is 9.88 Å². The van der Waals surface area contributed by atoms with E-state index in [0.29, 0.717) is 0 Å². The molecule has 1 aromatic rings. The molecular formula is C14H22N2O2S. The number of aromatic nitrogens is 1. The largest absolute Gasteiger partial charge is 0.369 e. The Morgan fingerprint density at radius 1 is 1.47 bits per heavy atom. The molecule has 1 saturated heterocycles. The Kier molecular flexibility index (Phi) is 3.97. The Morgan fingerprint density at radius 3 is 2.58 bits per heavy atom. The second-order valence-electron chi connectivity index (χ2n) is 5.90. The van der Waals surface area contributed by atoms with E-state index < -0.39 is 5.60 Å². The van der Waals surface area contributed by atoms with E-state index in [1.54, 1.807) is 18.4 Å². The first-order valence-electron chi connectivity index (χ1n) is 6.63. The molecular weight excluding hydrogens is 260 g/mol. The summed E-state index contributed by atoms with van der Waals surface area (Å²) in [5.74, 6) is 0.0798. The summed E-state index contributed by atoms with van der Waals surface area (Å²) in [4.78, 5) is 18.7. The van der Waals surface area contributed by atoms with Crippen LogP contribution in [0.4, 0.5) is 0 Å². The van der Waals surface area contributed by atoms with E-state index in [4.69, 9.17) is 4.74 Å². The maximum absolute atomic E-state index is 12.3. The van der Waals surface area contributed by atoms with E-state index in [2.05, 4.69) is 11.9 Å². The number of hydrogen-bond acceptors (Lipinski definition) is 4. The molecule has 106 valence electrons. The molecule has 0 bridgehead atoms. The number of piperidine rings is 1. The Labute approximate surface area is 118 Å². The smallest absolute Gasteiger partial charge is 0.254 e. The lowest BCUT2D eigenvalue weighted by Crippen LogP contribution is -2.51. The molecule has 1 aliphatic rings. The molecule has 0 radical (unpaired) electrons. The third-order valence-corrected chi connectivity index (χ3v) is 5.21. The molecule has 2 heterocycles. The van der Waals surface area contributed by atoms with Crippen LogP contribution in [0.1, 0.15) is 38.6 Å². The van der Waals surface area contributed by atoms with Gasteiger partial charge in [0.15, 0.2) is 0 Å². The zero-order chi connectivity index (χ0) is 14.1. The molecule has 4 nitrogen and oxygen atoms in total. The number of likely N-dealkylation sites (tertiary alicyclic amines) is 1. The number of ether oxygens (including phenoxy) is 1. The van der Waals surface area contributed by atoms with Gasteiger partial charge in [-0.2, -0.15) is 0 Å². The Bertz CT molecular complexity index is 434. The molecule has 1 fully saturated rings. The van der Waals surface area contributed by atoms with Gasteiger partial charge in [-0.25, -0.2) is 4.98 Å². The highest BCUT2D eigenvalue weighted by Crippen LogP contribution is 2.36. The molecule has 1 aliphatic heterocycles. The van der Waals surface area contributed by atoms with Crippen LogP contribution >= 0.6 is 11.3 Å². The summed E-state index contributed by atoms with van der Waals surface area (Å²) in [5, 5.41) is 3.21. The number of hydrogen-bond donors (Lipinski definition) is 0. The summed E-state index contributed by atoms with van der Waals surface area (Å²) in [6.45, 7) is 7.45. The Balaban J connectivity index is 2.02. The number of carbonyl (C=O) groups is 1. The Hall–Kier alpha value is -0.940. The van der Waals surface area contributed by atoms with E-state index in [9.17, 15) is 4.79 Å². The van der Waals surface area contributed by atoms with Crippen molar-refractivity contribution in [2.45, 2.75) is 44.6 Å². The Morgan fingerprint density at radius 2 is 2.11 bits per heavy atom. The molecule has 1 amide bonds. The second-order valence-corrected chi connectivity index (χ2v) is 6.80. The van der Waals surface area contributed by atoms with Crippen LogP contribution in [0.5, 0.6) is 0 Å². The quantitative estimate of drug-likeness (QED) is 0.855. The van der Waals surface area contributed by atoms with Gasteiger partial charge < -0.3 is 9.64 Å². The summed E-state index contributed by atoms with van der Waals surface area (Å²) in [6.07, 6.45) is 3.79. The van der Waals surface area contributed by atoms with Gasteiger partial charge in [0, 0.05) is 37.2 Å². The first-order chi connectivity index (χ1) is 8.89. The van der Waals surface area contributed by atoms with Crippen molar-refractivity contribution in [3.8, 4) is 0 Å². The molecule has 0 atom stereocenters. The van der Waals surface area contributed by atoms with Crippen molar-refractivity contribution < 1.29 is 9.53 Å². The molecule has 0 spiro atoms. The van der Waals surface area contributed by atoms with Gasteiger partial charge in [-0.1, -0.05) is 6.92 Å². The van der Waals surface area contributed by atoms with Crippen LogP contribution < -0.4 is 0 Å². The van der Waals surface area contributed by atoms with Crippen LogP contribution in [-0.4, -0.2) is 41.6 Å². The fourth-order valence-electron chi connectivity index (χ4n) is 2.41. The standard InChI is InChI=1S/C14H22N2O2S/c1-13(2,18-4)12(17)16-8-5-14(3,6-9-16)11-15-7-10-19-11/h7,10H,5-6,8-9H2,1-4H3. The van der Waals surface area contributed by atoms with Crippen LogP contribution in [0.2, 0.25) is 0 Å². The van der Waals surface area contributed by atoms with Crippen LogP contribution in [0.15, 0.2) is 11.6 Å². The molecule has 1 aromatic heterocycles. The number of carbonyl (C=O) groups excluding carboxylic acids is 1. The molecule has 0 saturated carbocycles. The molecule has 0 N–H and O–H groups in total. The molecule has 5 heteroatoms. The summed E-state index contributed by atoms with van der Waals surface area (Å²) in [7, 11) is 1.58.